The molecule has 0 bridgehead atoms. The zero-order chi connectivity index (χ0) is 14.8. The third kappa shape index (κ3) is 6.79. The molecule has 2 N–H and O–H groups in total. The van der Waals surface area contributed by atoms with Crippen LogP contribution in [0.4, 0.5) is 0 Å². The Bertz CT molecular complexity index is 349. The molecule has 1 heterocycles. The Kier molecular flexibility index (Phi) is 8.10. The summed E-state index contributed by atoms with van der Waals surface area (Å²) in [4.78, 5) is 34.1. The molecule has 0 aliphatic carbocycles. The number of nitrogens with one attached hydrogen (secondary N) is 2. The van der Waals surface area contributed by atoms with Crippen molar-refractivity contribution in [2.24, 2.45) is 0 Å². The van der Waals surface area contributed by atoms with Gasteiger partial charge in [0.25, 0.3) is 0 Å². The van der Waals surface area contributed by atoms with Crippen molar-refractivity contribution in [3.05, 3.63) is 0 Å². The third-order valence-corrected chi connectivity index (χ3v) is 4.01. The van der Waals surface area contributed by atoms with Crippen LogP contribution in [0.1, 0.15) is 32.1 Å². The maximum absolute atomic E-state index is 11.9. The first-order valence-electron chi connectivity index (χ1n) is 6.85. The Morgan fingerprint density at radius 2 is 2.20 bits per heavy atom. The molecule has 1 saturated heterocycles. The van der Waals surface area contributed by atoms with E-state index in [0.717, 1.165) is 18.6 Å². The number of hydrogen-bond donors (Lipinski definition) is 2. The molecule has 20 heavy (non-hydrogen) atoms. The molecule has 2 amide bonds. The van der Waals surface area contributed by atoms with Crippen molar-refractivity contribution in [3.8, 4) is 0 Å². The highest BCUT2D eigenvalue weighted by Crippen LogP contribution is 2.09. The van der Waals surface area contributed by atoms with E-state index in [1.54, 1.807) is 11.8 Å². The number of esters is 1. The van der Waals surface area contributed by atoms with Crippen LogP contribution in [-0.4, -0.2) is 49.0 Å². The van der Waals surface area contributed by atoms with E-state index in [9.17, 15) is 14.4 Å². The molecule has 1 unspecified atom stereocenters. The highest BCUT2D eigenvalue weighted by atomic mass is 32.2. The fourth-order valence-electron chi connectivity index (χ4n) is 1.90. The van der Waals surface area contributed by atoms with Crippen molar-refractivity contribution in [1.29, 1.82) is 0 Å². The van der Waals surface area contributed by atoms with Gasteiger partial charge in [0.1, 0.15) is 6.04 Å². The summed E-state index contributed by atoms with van der Waals surface area (Å²) >= 11 is 1.59. The number of ether oxygens (including phenoxy) is 1. The fraction of sp³-hybridized carbons (Fsp3) is 0.769. The van der Waals surface area contributed by atoms with Crippen LogP contribution in [0.3, 0.4) is 0 Å². The Morgan fingerprint density at radius 1 is 1.40 bits per heavy atom. The third-order valence-electron chi connectivity index (χ3n) is 3.02. The second kappa shape index (κ2) is 9.63. The SMILES string of the molecule is COC(=O)CCSCCNC(=O)C1CCCCC(=O)N1. The molecular formula is C13H22N2O4S. The van der Waals surface area contributed by atoms with Gasteiger partial charge in [0.15, 0.2) is 0 Å². The van der Waals surface area contributed by atoms with Crippen molar-refractivity contribution in [1.82, 2.24) is 10.6 Å². The Balaban J connectivity index is 2.10. The Morgan fingerprint density at radius 3 is 2.95 bits per heavy atom. The summed E-state index contributed by atoms with van der Waals surface area (Å²) in [6, 6.07) is -0.398. The van der Waals surface area contributed by atoms with Crippen LogP contribution in [0.5, 0.6) is 0 Å². The average Bonchev–Trinajstić information content (AvgIpc) is 2.66. The standard InChI is InChI=1S/C13H22N2O4S/c1-19-12(17)6-8-20-9-7-14-13(18)10-4-2-3-5-11(16)15-10/h10H,2-9H2,1H3,(H,14,18)(H,15,16). The van der Waals surface area contributed by atoms with Crippen molar-refractivity contribution in [2.45, 2.75) is 38.1 Å². The van der Waals surface area contributed by atoms with Crippen LogP contribution in [0.25, 0.3) is 0 Å². The molecule has 114 valence electrons. The van der Waals surface area contributed by atoms with E-state index >= 15 is 0 Å². The first-order valence-corrected chi connectivity index (χ1v) is 8.00. The molecule has 7 heteroatoms. The fourth-order valence-corrected chi connectivity index (χ4v) is 2.66. The molecule has 0 aromatic heterocycles. The van der Waals surface area contributed by atoms with Gasteiger partial charge in [-0.25, -0.2) is 0 Å². The second-order valence-electron chi connectivity index (χ2n) is 4.60. The topological polar surface area (TPSA) is 84.5 Å². The summed E-state index contributed by atoms with van der Waals surface area (Å²) in [7, 11) is 1.37. The van der Waals surface area contributed by atoms with Crippen LogP contribution >= 0.6 is 11.8 Å². The van der Waals surface area contributed by atoms with Crippen molar-refractivity contribution >= 4 is 29.5 Å². The maximum atomic E-state index is 11.9. The number of rotatable bonds is 7. The van der Waals surface area contributed by atoms with Gasteiger partial charge in [-0.05, 0) is 12.8 Å². The number of thioether (sulfide) groups is 1. The van der Waals surface area contributed by atoms with Crippen molar-refractivity contribution in [2.75, 3.05) is 25.2 Å². The molecular weight excluding hydrogens is 280 g/mol. The molecule has 0 aromatic rings. The summed E-state index contributed by atoms with van der Waals surface area (Å²) in [6.45, 7) is 0.539. The summed E-state index contributed by atoms with van der Waals surface area (Å²) in [5, 5.41) is 5.55. The molecule has 1 atom stereocenters. The molecule has 1 fully saturated rings. The van der Waals surface area contributed by atoms with Gasteiger partial charge in [0, 0.05) is 24.5 Å². The van der Waals surface area contributed by atoms with Crippen LogP contribution in [-0.2, 0) is 19.1 Å². The van der Waals surface area contributed by atoms with E-state index < -0.39 is 6.04 Å². The van der Waals surface area contributed by atoms with E-state index in [0.29, 0.717) is 31.6 Å². The maximum Gasteiger partial charge on any atom is 0.306 e. The van der Waals surface area contributed by atoms with E-state index in [2.05, 4.69) is 15.4 Å². The molecule has 0 saturated carbocycles. The summed E-state index contributed by atoms with van der Waals surface area (Å²) in [6.07, 6.45) is 3.33. The molecule has 1 rings (SSSR count). The molecule has 1 aliphatic rings. The van der Waals surface area contributed by atoms with Gasteiger partial charge in [0.2, 0.25) is 11.8 Å². The molecule has 1 aliphatic heterocycles. The van der Waals surface area contributed by atoms with Gasteiger partial charge >= 0.3 is 5.97 Å². The van der Waals surface area contributed by atoms with Crippen LogP contribution < -0.4 is 10.6 Å². The minimum Gasteiger partial charge on any atom is -0.469 e. The monoisotopic (exact) mass is 302 g/mol. The predicted octanol–water partition coefficient (Wildman–Crippen LogP) is 0.458. The minimum atomic E-state index is -0.398. The highest BCUT2D eigenvalue weighted by molar-refractivity contribution is 7.99. The zero-order valence-corrected chi connectivity index (χ0v) is 12.6. The molecule has 0 aromatic carbocycles. The van der Waals surface area contributed by atoms with Crippen molar-refractivity contribution in [3.63, 3.8) is 0 Å². The molecule has 0 radical (unpaired) electrons. The lowest BCUT2D eigenvalue weighted by Crippen LogP contribution is -2.46. The number of methoxy groups -OCH3 is 1. The number of amides is 2. The van der Waals surface area contributed by atoms with Crippen molar-refractivity contribution < 1.29 is 19.1 Å². The smallest absolute Gasteiger partial charge is 0.306 e. The first-order chi connectivity index (χ1) is 9.63. The Labute approximate surface area is 123 Å². The van der Waals surface area contributed by atoms with Gasteiger partial charge in [0.05, 0.1) is 13.5 Å². The minimum absolute atomic E-state index is 0.0462. The Hall–Kier alpha value is -1.24. The average molecular weight is 302 g/mol. The van der Waals surface area contributed by atoms with Gasteiger partial charge in [-0.15, -0.1) is 0 Å². The lowest BCUT2D eigenvalue weighted by molar-refractivity contribution is -0.140. The number of carbonyl (C=O) groups is 3. The van der Waals surface area contributed by atoms with E-state index in [4.69, 9.17) is 0 Å². The van der Waals surface area contributed by atoms with Crippen LogP contribution in [0.2, 0.25) is 0 Å². The van der Waals surface area contributed by atoms with E-state index in [1.165, 1.54) is 7.11 Å². The zero-order valence-electron chi connectivity index (χ0n) is 11.8. The summed E-state index contributed by atoms with van der Waals surface area (Å²) < 4.78 is 4.53. The quantitative estimate of drug-likeness (QED) is 0.527. The van der Waals surface area contributed by atoms with E-state index in [1.807, 2.05) is 0 Å². The summed E-state index contributed by atoms with van der Waals surface area (Å²) in [5.74, 6) is 1.04. The lowest BCUT2D eigenvalue weighted by Gasteiger charge is -2.15. The number of hydrogen-bond acceptors (Lipinski definition) is 5. The summed E-state index contributed by atoms with van der Waals surface area (Å²) in [5.41, 5.74) is 0. The van der Waals surface area contributed by atoms with E-state index in [-0.39, 0.29) is 17.8 Å². The predicted molar refractivity (Wildman–Crippen MR) is 77.4 cm³/mol. The van der Waals surface area contributed by atoms with Gasteiger partial charge in [-0.2, -0.15) is 11.8 Å². The van der Waals surface area contributed by atoms with Crippen LogP contribution in [0.15, 0.2) is 0 Å². The normalized spacial score (nSPS) is 18.9. The van der Waals surface area contributed by atoms with Crippen LogP contribution in [0, 0.1) is 0 Å². The van der Waals surface area contributed by atoms with Gasteiger partial charge < -0.3 is 15.4 Å². The van der Waals surface area contributed by atoms with Gasteiger partial charge in [-0.3, -0.25) is 14.4 Å². The molecule has 0 spiro atoms. The van der Waals surface area contributed by atoms with Gasteiger partial charge in [-0.1, -0.05) is 6.42 Å². The lowest BCUT2D eigenvalue weighted by atomic mass is 10.1. The number of carbonyl (C=O) groups excluding carboxylic acids is 3. The largest absolute Gasteiger partial charge is 0.469 e. The first kappa shape index (κ1) is 16.8. The molecule has 6 nitrogen and oxygen atoms in total. The highest BCUT2D eigenvalue weighted by Gasteiger charge is 2.22. The second-order valence-corrected chi connectivity index (χ2v) is 5.82.